The van der Waals surface area contributed by atoms with Crippen LogP contribution in [0, 0.1) is 0 Å². The average molecular weight is 225 g/mol. The Hall–Kier alpha value is -1.33. The van der Waals surface area contributed by atoms with Crippen LogP contribution in [0.25, 0.3) is 0 Å². The van der Waals surface area contributed by atoms with Crippen molar-refractivity contribution >= 4 is 11.5 Å². The number of methoxy groups -OCH3 is 1. The lowest BCUT2D eigenvalue weighted by molar-refractivity contribution is 0.153. The Morgan fingerprint density at radius 2 is 2.38 bits per heavy atom. The standard InChI is InChI=1S/C11H19N3O2/c1-3-12-11-6-9(4-5-13-11)14-10(7-15)8-16-2/h4-6,10,15H,3,7-8H2,1-2H3,(H2,12,13,14). The Kier molecular flexibility index (Phi) is 5.60. The summed E-state index contributed by atoms with van der Waals surface area (Å²) in [6, 6.07) is 3.67. The first kappa shape index (κ1) is 12.7. The van der Waals surface area contributed by atoms with E-state index in [0.717, 1.165) is 18.1 Å². The Balaban J connectivity index is 2.60. The van der Waals surface area contributed by atoms with Crippen LogP contribution in [0.4, 0.5) is 11.5 Å². The summed E-state index contributed by atoms with van der Waals surface area (Å²) in [5, 5.41) is 15.4. The van der Waals surface area contributed by atoms with Crippen molar-refractivity contribution < 1.29 is 9.84 Å². The zero-order valence-corrected chi connectivity index (χ0v) is 9.73. The van der Waals surface area contributed by atoms with Crippen molar-refractivity contribution in [2.45, 2.75) is 13.0 Å². The number of hydrogen-bond donors (Lipinski definition) is 3. The van der Waals surface area contributed by atoms with E-state index >= 15 is 0 Å². The number of rotatable bonds is 7. The molecule has 0 fully saturated rings. The van der Waals surface area contributed by atoms with Crippen LogP contribution >= 0.6 is 0 Å². The third kappa shape index (κ3) is 4.04. The largest absolute Gasteiger partial charge is 0.394 e. The topological polar surface area (TPSA) is 66.4 Å². The number of anilines is 2. The van der Waals surface area contributed by atoms with E-state index < -0.39 is 0 Å². The number of nitrogens with zero attached hydrogens (tertiary/aromatic N) is 1. The highest BCUT2D eigenvalue weighted by molar-refractivity contribution is 5.52. The summed E-state index contributed by atoms with van der Waals surface area (Å²) >= 11 is 0. The molecule has 0 radical (unpaired) electrons. The van der Waals surface area contributed by atoms with E-state index in [0.29, 0.717) is 6.61 Å². The molecule has 1 aromatic rings. The summed E-state index contributed by atoms with van der Waals surface area (Å²) in [6.45, 7) is 3.35. The molecule has 0 spiro atoms. The predicted octanol–water partition coefficient (Wildman–Crippen LogP) is 0.933. The first-order chi connectivity index (χ1) is 7.80. The van der Waals surface area contributed by atoms with Gasteiger partial charge in [0.15, 0.2) is 0 Å². The number of nitrogens with one attached hydrogen (secondary N) is 2. The fraction of sp³-hybridized carbons (Fsp3) is 0.545. The van der Waals surface area contributed by atoms with Crippen LogP contribution in [0.5, 0.6) is 0 Å². The van der Waals surface area contributed by atoms with E-state index in [4.69, 9.17) is 9.84 Å². The third-order valence-electron chi connectivity index (χ3n) is 2.08. The van der Waals surface area contributed by atoms with E-state index in [1.54, 1.807) is 13.3 Å². The van der Waals surface area contributed by atoms with Crippen LogP contribution in [-0.4, -0.2) is 43.0 Å². The van der Waals surface area contributed by atoms with Gasteiger partial charge in [0.05, 0.1) is 19.3 Å². The fourth-order valence-corrected chi connectivity index (χ4v) is 1.38. The molecule has 1 unspecified atom stereocenters. The van der Waals surface area contributed by atoms with Crippen LogP contribution in [-0.2, 0) is 4.74 Å². The molecule has 1 rings (SSSR count). The molecule has 0 aliphatic rings. The third-order valence-corrected chi connectivity index (χ3v) is 2.08. The highest BCUT2D eigenvalue weighted by Gasteiger charge is 2.06. The van der Waals surface area contributed by atoms with Gasteiger partial charge in [0.2, 0.25) is 0 Å². The van der Waals surface area contributed by atoms with Gasteiger partial charge in [-0.3, -0.25) is 0 Å². The zero-order valence-electron chi connectivity index (χ0n) is 9.73. The molecule has 0 aliphatic carbocycles. The van der Waals surface area contributed by atoms with Gasteiger partial charge in [-0.05, 0) is 13.0 Å². The van der Waals surface area contributed by atoms with Crippen molar-refractivity contribution in [1.82, 2.24) is 4.98 Å². The summed E-state index contributed by atoms with van der Waals surface area (Å²) in [5.41, 5.74) is 0.919. The molecule has 0 amide bonds. The highest BCUT2D eigenvalue weighted by Crippen LogP contribution is 2.12. The number of aliphatic hydroxyl groups excluding tert-OH is 1. The maximum atomic E-state index is 9.12. The summed E-state index contributed by atoms with van der Waals surface area (Å²) in [5.74, 6) is 0.821. The molecule has 5 nitrogen and oxygen atoms in total. The molecular weight excluding hydrogens is 206 g/mol. The van der Waals surface area contributed by atoms with Crippen LogP contribution < -0.4 is 10.6 Å². The van der Waals surface area contributed by atoms with Crippen LogP contribution in [0.2, 0.25) is 0 Å². The molecule has 0 aromatic carbocycles. The minimum Gasteiger partial charge on any atom is -0.394 e. The first-order valence-corrected chi connectivity index (χ1v) is 5.36. The van der Waals surface area contributed by atoms with E-state index in [1.165, 1.54) is 0 Å². The van der Waals surface area contributed by atoms with Gasteiger partial charge in [-0.25, -0.2) is 4.98 Å². The van der Waals surface area contributed by atoms with Crippen molar-refractivity contribution in [3.8, 4) is 0 Å². The van der Waals surface area contributed by atoms with Gasteiger partial charge in [0.1, 0.15) is 5.82 Å². The molecular formula is C11H19N3O2. The molecule has 0 saturated heterocycles. The molecule has 1 heterocycles. The summed E-state index contributed by atoms with van der Waals surface area (Å²) in [4.78, 5) is 4.16. The summed E-state index contributed by atoms with van der Waals surface area (Å²) in [6.07, 6.45) is 1.72. The average Bonchev–Trinajstić information content (AvgIpc) is 2.29. The van der Waals surface area contributed by atoms with Crippen molar-refractivity contribution in [2.75, 3.05) is 37.5 Å². The summed E-state index contributed by atoms with van der Waals surface area (Å²) in [7, 11) is 1.61. The molecule has 5 heteroatoms. The number of ether oxygens (including phenoxy) is 1. The predicted molar refractivity (Wildman–Crippen MR) is 64.8 cm³/mol. The quantitative estimate of drug-likeness (QED) is 0.644. The van der Waals surface area contributed by atoms with Crippen molar-refractivity contribution in [2.24, 2.45) is 0 Å². The molecule has 0 bridgehead atoms. The molecule has 1 aromatic heterocycles. The lowest BCUT2D eigenvalue weighted by atomic mass is 10.3. The molecule has 3 N–H and O–H groups in total. The second kappa shape index (κ2) is 7.03. The molecule has 0 saturated carbocycles. The Morgan fingerprint density at radius 1 is 1.56 bits per heavy atom. The second-order valence-corrected chi connectivity index (χ2v) is 3.44. The molecule has 0 aliphatic heterocycles. The van der Waals surface area contributed by atoms with Gasteiger partial charge < -0.3 is 20.5 Å². The van der Waals surface area contributed by atoms with E-state index in [-0.39, 0.29) is 12.6 Å². The normalized spacial score (nSPS) is 12.2. The Morgan fingerprint density at radius 3 is 3.00 bits per heavy atom. The second-order valence-electron chi connectivity index (χ2n) is 3.44. The Bertz CT molecular complexity index is 307. The number of aliphatic hydroxyl groups is 1. The molecule has 1 atom stereocenters. The van der Waals surface area contributed by atoms with Gasteiger partial charge in [0.25, 0.3) is 0 Å². The van der Waals surface area contributed by atoms with E-state index in [1.807, 2.05) is 19.1 Å². The number of aromatic nitrogens is 1. The van der Waals surface area contributed by atoms with E-state index in [2.05, 4.69) is 15.6 Å². The van der Waals surface area contributed by atoms with Gasteiger partial charge >= 0.3 is 0 Å². The SMILES string of the molecule is CCNc1cc(NC(CO)COC)ccn1. The minimum atomic E-state index is -0.0955. The molecule has 90 valence electrons. The maximum absolute atomic E-state index is 9.12. The smallest absolute Gasteiger partial charge is 0.127 e. The number of pyridine rings is 1. The van der Waals surface area contributed by atoms with Crippen LogP contribution in [0.15, 0.2) is 18.3 Å². The monoisotopic (exact) mass is 225 g/mol. The van der Waals surface area contributed by atoms with E-state index in [9.17, 15) is 0 Å². The summed E-state index contributed by atoms with van der Waals surface area (Å²) < 4.78 is 4.99. The van der Waals surface area contributed by atoms with Gasteiger partial charge in [0, 0.05) is 31.6 Å². The lowest BCUT2D eigenvalue weighted by Gasteiger charge is -2.16. The zero-order chi connectivity index (χ0) is 11.8. The van der Waals surface area contributed by atoms with Crippen LogP contribution in [0.3, 0.4) is 0 Å². The minimum absolute atomic E-state index is 0.0344. The van der Waals surface area contributed by atoms with Crippen molar-refractivity contribution in [1.29, 1.82) is 0 Å². The fourth-order valence-electron chi connectivity index (χ4n) is 1.38. The lowest BCUT2D eigenvalue weighted by Crippen LogP contribution is -2.28. The van der Waals surface area contributed by atoms with Gasteiger partial charge in [-0.15, -0.1) is 0 Å². The van der Waals surface area contributed by atoms with Crippen LogP contribution in [0.1, 0.15) is 6.92 Å². The van der Waals surface area contributed by atoms with Crippen molar-refractivity contribution in [3.05, 3.63) is 18.3 Å². The Labute approximate surface area is 95.8 Å². The maximum Gasteiger partial charge on any atom is 0.127 e. The van der Waals surface area contributed by atoms with Gasteiger partial charge in [-0.1, -0.05) is 0 Å². The highest BCUT2D eigenvalue weighted by atomic mass is 16.5. The molecule has 16 heavy (non-hydrogen) atoms. The number of hydrogen-bond acceptors (Lipinski definition) is 5. The van der Waals surface area contributed by atoms with Crippen molar-refractivity contribution in [3.63, 3.8) is 0 Å². The first-order valence-electron chi connectivity index (χ1n) is 5.36. The van der Waals surface area contributed by atoms with Gasteiger partial charge in [-0.2, -0.15) is 0 Å².